The van der Waals surface area contributed by atoms with Crippen LogP contribution in [0.5, 0.6) is 0 Å². The van der Waals surface area contributed by atoms with Crippen molar-refractivity contribution in [3.05, 3.63) is 47.1 Å². The summed E-state index contributed by atoms with van der Waals surface area (Å²) in [6, 6.07) is 14.2. The number of hydrogen-bond acceptors (Lipinski definition) is 5. The van der Waals surface area contributed by atoms with E-state index in [9.17, 15) is 10.5 Å². The number of H-pyrrole nitrogens is 1. The molecule has 0 radical (unpaired) electrons. The summed E-state index contributed by atoms with van der Waals surface area (Å²) in [6.45, 7) is 8.05. The molecule has 1 N–H and O–H groups in total. The van der Waals surface area contributed by atoms with E-state index in [-0.39, 0.29) is 11.4 Å². The van der Waals surface area contributed by atoms with Gasteiger partial charge in [0, 0.05) is 28.1 Å². The molecule has 1 heterocycles. The fraction of sp³-hybridized carbons (Fsp3) is 0.273. The minimum atomic E-state index is 0.121. The molecule has 0 aliphatic heterocycles. The summed E-state index contributed by atoms with van der Waals surface area (Å²) < 4.78 is 0. The lowest BCUT2D eigenvalue weighted by atomic mass is 10.1. The van der Waals surface area contributed by atoms with Gasteiger partial charge >= 0.3 is 0 Å². The third kappa shape index (κ3) is 2.76. The molecule has 1 aromatic heterocycles. The SMILES string of the molecule is CCN(CC)CCN=c1ccc2c3[nH]c(C#N)c(C#N)nc3c3cccc1c32. The molecule has 0 aliphatic carbocycles. The number of aromatic nitrogens is 2. The summed E-state index contributed by atoms with van der Waals surface area (Å²) in [5.74, 6) is 0. The Balaban J connectivity index is 1.94. The molecule has 3 aromatic carbocycles. The molecule has 28 heavy (non-hydrogen) atoms. The molecule has 0 saturated heterocycles. The van der Waals surface area contributed by atoms with Crippen molar-refractivity contribution in [2.75, 3.05) is 26.2 Å². The van der Waals surface area contributed by atoms with E-state index in [1.54, 1.807) is 0 Å². The van der Waals surface area contributed by atoms with Gasteiger partial charge < -0.3 is 9.88 Å². The highest BCUT2D eigenvalue weighted by Crippen LogP contribution is 2.35. The maximum absolute atomic E-state index is 9.33. The van der Waals surface area contributed by atoms with Gasteiger partial charge in [-0.1, -0.05) is 38.1 Å². The first kappa shape index (κ1) is 17.9. The Kier molecular flexibility index (Phi) is 4.65. The van der Waals surface area contributed by atoms with Crippen molar-refractivity contribution < 1.29 is 0 Å². The summed E-state index contributed by atoms with van der Waals surface area (Å²) in [6.07, 6.45) is 0. The first-order chi connectivity index (χ1) is 13.7. The van der Waals surface area contributed by atoms with E-state index >= 15 is 0 Å². The number of hydrogen-bond donors (Lipinski definition) is 1. The predicted octanol–water partition coefficient (Wildman–Crippen LogP) is 3.29. The monoisotopic (exact) mass is 368 g/mol. The van der Waals surface area contributed by atoms with Crippen molar-refractivity contribution in [2.24, 2.45) is 4.99 Å². The van der Waals surface area contributed by atoms with Gasteiger partial charge in [-0.25, -0.2) is 4.98 Å². The lowest BCUT2D eigenvalue weighted by Crippen LogP contribution is -2.26. The van der Waals surface area contributed by atoms with Gasteiger partial charge in [-0.3, -0.25) is 4.99 Å². The number of nitriles is 2. The predicted molar refractivity (Wildman–Crippen MR) is 110 cm³/mol. The molecule has 6 heteroatoms. The largest absolute Gasteiger partial charge is 0.342 e. The number of nitrogens with zero attached hydrogens (tertiary/aromatic N) is 5. The van der Waals surface area contributed by atoms with Crippen LogP contribution >= 0.6 is 0 Å². The topological polar surface area (TPSA) is 91.9 Å². The Hall–Kier alpha value is -3.48. The zero-order valence-electron chi connectivity index (χ0n) is 16.0. The van der Waals surface area contributed by atoms with Gasteiger partial charge in [0.2, 0.25) is 0 Å². The van der Waals surface area contributed by atoms with Crippen LogP contribution < -0.4 is 5.36 Å². The van der Waals surface area contributed by atoms with E-state index in [0.717, 1.165) is 64.1 Å². The molecule has 0 saturated carbocycles. The first-order valence-corrected chi connectivity index (χ1v) is 9.45. The van der Waals surface area contributed by atoms with Crippen LogP contribution in [0.15, 0.2) is 35.3 Å². The zero-order valence-corrected chi connectivity index (χ0v) is 16.0. The van der Waals surface area contributed by atoms with Crippen LogP contribution in [-0.4, -0.2) is 41.0 Å². The lowest BCUT2D eigenvalue weighted by molar-refractivity contribution is 0.312. The van der Waals surface area contributed by atoms with Crippen molar-refractivity contribution in [1.29, 1.82) is 10.5 Å². The average Bonchev–Trinajstić information content (AvgIpc) is 3.06. The lowest BCUT2D eigenvalue weighted by Gasteiger charge is -2.15. The van der Waals surface area contributed by atoms with Crippen LogP contribution in [0.4, 0.5) is 0 Å². The molecule has 0 amide bonds. The molecule has 0 atom stereocenters. The highest BCUT2D eigenvalue weighted by atomic mass is 15.1. The van der Waals surface area contributed by atoms with E-state index in [4.69, 9.17) is 4.99 Å². The van der Waals surface area contributed by atoms with E-state index in [2.05, 4.69) is 34.8 Å². The van der Waals surface area contributed by atoms with E-state index in [0.29, 0.717) is 0 Å². The van der Waals surface area contributed by atoms with Crippen LogP contribution in [0.25, 0.3) is 32.6 Å². The Morgan fingerprint density at radius 2 is 1.82 bits per heavy atom. The maximum atomic E-state index is 9.33. The van der Waals surface area contributed by atoms with Gasteiger partial charge in [0.1, 0.15) is 12.1 Å². The maximum Gasteiger partial charge on any atom is 0.175 e. The smallest absolute Gasteiger partial charge is 0.175 e. The zero-order chi connectivity index (χ0) is 19.7. The summed E-state index contributed by atoms with van der Waals surface area (Å²) in [7, 11) is 0. The summed E-state index contributed by atoms with van der Waals surface area (Å²) in [4.78, 5) is 14.8. The second-order valence-electron chi connectivity index (χ2n) is 6.68. The van der Waals surface area contributed by atoms with Crippen molar-refractivity contribution in [3.63, 3.8) is 0 Å². The molecule has 0 unspecified atom stereocenters. The van der Waals surface area contributed by atoms with Crippen molar-refractivity contribution in [1.82, 2.24) is 14.9 Å². The van der Waals surface area contributed by atoms with Crippen LogP contribution in [0.3, 0.4) is 0 Å². The number of benzene rings is 2. The van der Waals surface area contributed by atoms with Gasteiger partial charge in [-0.2, -0.15) is 10.5 Å². The second kappa shape index (κ2) is 7.26. The van der Waals surface area contributed by atoms with E-state index < -0.39 is 0 Å². The number of aromatic amines is 1. The molecule has 0 aliphatic rings. The van der Waals surface area contributed by atoms with E-state index in [1.165, 1.54) is 0 Å². The quantitative estimate of drug-likeness (QED) is 0.585. The number of nitrogens with one attached hydrogen (secondary N) is 1. The molecule has 6 nitrogen and oxygen atoms in total. The highest BCUT2D eigenvalue weighted by Gasteiger charge is 2.16. The molecular formula is C22H20N6. The van der Waals surface area contributed by atoms with Crippen LogP contribution in [0, 0.1) is 22.7 Å². The normalized spacial score (nSPS) is 12.2. The van der Waals surface area contributed by atoms with Crippen molar-refractivity contribution >= 4 is 32.6 Å². The average molecular weight is 368 g/mol. The van der Waals surface area contributed by atoms with Crippen molar-refractivity contribution in [3.8, 4) is 12.1 Å². The summed E-state index contributed by atoms with van der Waals surface area (Å²) in [5.41, 5.74) is 1.82. The standard InChI is InChI=1S/C22H20N6/c1-3-28(4-2)11-10-25-17-9-8-16-20-14(17)6-5-7-15(20)21-22(16)27-19(13-24)18(12-23)26-21/h5-9,27H,3-4,10-11H2,1-2H3. The van der Waals surface area contributed by atoms with Gasteiger partial charge in [0.05, 0.1) is 22.9 Å². The van der Waals surface area contributed by atoms with Gasteiger partial charge in [0.25, 0.3) is 0 Å². The Morgan fingerprint density at radius 1 is 1.04 bits per heavy atom. The van der Waals surface area contributed by atoms with Crippen molar-refractivity contribution in [2.45, 2.75) is 13.8 Å². The van der Waals surface area contributed by atoms with Crippen LogP contribution in [-0.2, 0) is 0 Å². The number of likely N-dealkylation sites (N-methyl/N-ethyl adjacent to an activating group) is 1. The Labute approximate surface area is 162 Å². The second-order valence-corrected chi connectivity index (χ2v) is 6.68. The number of rotatable bonds is 5. The molecule has 0 bridgehead atoms. The minimum absolute atomic E-state index is 0.121. The Bertz CT molecular complexity index is 1260. The fourth-order valence-electron chi connectivity index (χ4n) is 3.81. The molecule has 0 fully saturated rings. The highest BCUT2D eigenvalue weighted by molar-refractivity contribution is 6.27. The molecular weight excluding hydrogens is 348 g/mol. The molecule has 138 valence electrons. The van der Waals surface area contributed by atoms with Crippen LogP contribution in [0.1, 0.15) is 25.2 Å². The summed E-state index contributed by atoms with van der Waals surface area (Å²) in [5, 5.41) is 23.7. The van der Waals surface area contributed by atoms with Gasteiger partial charge in [-0.05, 0) is 19.2 Å². The van der Waals surface area contributed by atoms with Gasteiger partial charge in [0.15, 0.2) is 11.4 Å². The Morgan fingerprint density at radius 3 is 2.54 bits per heavy atom. The van der Waals surface area contributed by atoms with Crippen LogP contribution in [0.2, 0.25) is 0 Å². The third-order valence-electron chi connectivity index (χ3n) is 5.30. The fourth-order valence-corrected chi connectivity index (χ4v) is 3.81. The summed E-state index contributed by atoms with van der Waals surface area (Å²) >= 11 is 0. The minimum Gasteiger partial charge on any atom is -0.342 e. The third-order valence-corrected chi connectivity index (χ3v) is 5.30. The van der Waals surface area contributed by atoms with Gasteiger partial charge in [-0.15, -0.1) is 0 Å². The first-order valence-electron chi connectivity index (χ1n) is 9.45. The molecule has 4 aromatic rings. The van der Waals surface area contributed by atoms with E-state index in [1.807, 2.05) is 36.4 Å². The molecule has 4 rings (SSSR count). The molecule has 0 spiro atoms. The number of fused-ring (bicyclic) bond motifs is 3.